The summed E-state index contributed by atoms with van der Waals surface area (Å²) in [4.78, 5) is 24.9. The molecule has 2 rings (SSSR count). The Kier molecular flexibility index (Phi) is 4.16. The van der Waals surface area contributed by atoms with Gasteiger partial charge in [0.25, 0.3) is 0 Å². The summed E-state index contributed by atoms with van der Waals surface area (Å²) < 4.78 is 5.23. The summed E-state index contributed by atoms with van der Waals surface area (Å²) in [6.07, 6.45) is 0. The quantitative estimate of drug-likeness (QED) is 0.476. The second-order valence-corrected chi connectivity index (χ2v) is 5.10. The molecule has 3 amide bonds. The van der Waals surface area contributed by atoms with Gasteiger partial charge >= 0.3 is 6.03 Å². The van der Waals surface area contributed by atoms with Crippen LogP contribution >= 0.6 is 11.8 Å². The number of carbonyl (C=O) groups is 2. The molecule has 0 bridgehead atoms. The van der Waals surface area contributed by atoms with Crippen LogP contribution in [0.5, 0.6) is 5.75 Å². The van der Waals surface area contributed by atoms with Crippen LogP contribution < -0.4 is 15.8 Å². The molecule has 0 aliphatic carbocycles. The van der Waals surface area contributed by atoms with Crippen molar-refractivity contribution in [3.8, 4) is 5.75 Å². The number of hydrogen-bond acceptors (Lipinski definition) is 5. The minimum absolute atomic E-state index is 0.0920. The number of amides is 3. The van der Waals surface area contributed by atoms with Gasteiger partial charge in [0, 0.05) is 28.9 Å². The van der Waals surface area contributed by atoms with E-state index in [0.717, 1.165) is 4.90 Å². The zero-order valence-corrected chi connectivity index (χ0v) is 11.3. The van der Waals surface area contributed by atoms with Crippen molar-refractivity contribution in [1.82, 2.24) is 10.2 Å². The third kappa shape index (κ3) is 3.11. The van der Waals surface area contributed by atoms with E-state index < -0.39 is 0 Å². The van der Waals surface area contributed by atoms with Crippen LogP contribution in [0.25, 0.3) is 0 Å². The van der Waals surface area contributed by atoms with Crippen molar-refractivity contribution in [2.45, 2.75) is 4.90 Å². The van der Waals surface area contributed by atoms with Gasteiger partial charge in [0.2, 0.25) is 5.91 Å². The fourth-order valence-electron chi connectivity index (χ4n) is 1.73. The Labute approximate surface area is 115 Å². The van der Waals surface area contributed by atoms with Crippen molar-refractivity contribution in [3.63, 3.8) is 0 Å². The van der Waals surface area contributed by atoms with Crippen LogP contribution in [-0.4, -0.2) is 42.8 Å². The second kappa shape index (κ2) is 5.83. The average molecular weight is 281 g/mol. The highest BCUT2D eigenvalue weighted by atomic mass is 32.2. The lowest BCUT2D eigenvalue weighted by atomic mass is 10.3. The van der Waals surface area contributed by atoms with Crippen LogP contribution in [0.3, 0.4) is 0 Å². The number of thioether (sulfide) groups is 1. The highest BCUT2D eigenvalue weighted by Gasteiger charge is 2.27. The van der Waals surface area contributed by atoms with E-state index >= 15 is 0 Å². The van der Waals surface area contributed by atoms with Crippen molar-refractivity contribution in [2.24, 2.45) is 0 Å². The van der Waals surface area contributed by atoms with E-state index in [1.807, 2.05) is 6.07 Å². The molecule has 0 atom stereocenters. The third-order valence-corrected chi connectivity index (χ3v) is 3.73. The van der Waals surface area contributed by atoms with Crippen molar-refractivity contribution in [2.75, 3.05) is 31.7 Å². The maximum Gasteiger partial charge on any atom is 0.324 e. The molecule has 3 N–H and O–H groups in total. The van der Waals surface area contributed by atoms with E-state index in [4.69, 9.17) is 10.5 Å². The van der Waals surface area contributed by atoms with Gasteiger partial charge < -0.3 is 15.8 Å². The number of nitrogens with zero attached hydrogens (tertiary/aromatic N) is 1. The first kappa shape index (κ1) is 13.5. The maximum absolute atomic E-state index is 11.4. The normalized spacial score (nSPS) is 14.7. The van der Waals surface area contributed by atoms with Gasteiger partial charge in [-0.05, 0) is 12.1 Å². The molecule has 1 aliphatic rings. The lowest BCUT2D eigenvalue weighted by molar-refractivity contribution is -0.124. The first-order chi connectivity index (χ1) is 9.11. The van der Waals surface area contributed by atoms with Crippen LogP contribution in [0, 0.1) is 0 Å². The first-order valence-corrected chi connectivity index (χ1v) is 6.75. The summed E-state index contributed by atoms with van der Waals surface area (Å²) in [5.74, 6) is 1.12. The third-order valence-electron chi connectivity index (χ3n) is 2.70. The molecule has 1 aromatic carbocycles. The number of anilines is 1. The Morgan fingerprint density at radius 2 is 2.26 bits per heavy atom. The SMILES string of the molecule is COc1cc(N)ccc1SCCN1C(=O)CNC1=O. The number of nitrogens with two attached hydrogens (primary N) is 1. The summed E-state index contributed by atoms with van der Waals surface area (Å²) in [6, 6.07) is 5.08. The standard InChI is InChI=1S/C12H15N3O3S/c1-18-9-6-8(13)2-3-10(9)19-5-4-15-11(16)7-14-12(15)17/h2-3,6H,4-5,7,13H2,1H3,(H,14,17). The van der Waals surface area contributed by atoms with E-state index in [1.54, 1.807) is 19.2 Å². The zero-order valence-electron chi connectivity index (χ0n) is 10.5. The number of nitrogens with one attached hydrogen (secondary N) is 1. The van der Waals surface area contributed by atoms with Crippen LogP contribution in [0.15, 0.2) is 23.1 Å². The van der Waals surface area contributed by atoms with Crippen molar-refractivity contribution in [3.05, 3.63) is 18.2 Å². The van der Waals surface area contributed by atoms with Gasteiger partial charge in [-0.3, -0.25) is 9.69 Å². The van der Waals surface area contributed by atoms with E-state index in [-0.39, 0.29) is 18.5 Å². The lowest BCUT2D eigenvalue weighted by Crippen LogP contribution is -2.32. The fraction of sp³-hybridized carbons (Fsp3) is 0.333. The van der Waals surface area contributed by atoms with Crippen LogP contribution in [0.1, 0.15) is 0 Å². The zero-order chi connectivity index (χ0) is 13.8. The van der Waals surface area contributed by atoms with Gasteiger partial charge in [0.15, 0.2) is 0 Å². The second-order valence-electron chi connectivity index (χ2n) is 3.96. The smallest absolute Gasteiger partial charge is 0.324 e. The van der Waals surface area contributed by atoms with E-state index in [9.17, 15) is 9.59 Å². The van der Waals surface area contributed by atoms with Gasteiger partial charge in [-0.1, -0.05) is 0 Å². The van der Waals surface area contributed by atoms with Crippen LogP contribution in [0.2, 0.25) is 0 Å². The number of carbonyl (C=O) groups excluding carboxylic acids is 2. The van der Waals surface area contributed by atoms with Crippen LogP contribution in [0.4, 0.5) is 10.5 Å². The molecule has 6 nitrogen and oxygen atoms in total. The molecule has 1 aliphatic heterocycles. The number of nitrogen functional groups attached to an aromatic ring is 1. The summed E-state index contributed by atoms with van der Waals surface area (Å²) in [5.41, 5.74) is 6.31. The highest BCUT2D eigenvalue weighted by molar-refractivity contribution is 7.99. The molecule has 1 heterocycles. The summed E-state index contributed by atoms with van der Waals surface area (Å²) >= 11 is 1.52. The Hall–Kier alpha value is -1.89. The molecule has 19 heavy (non-hydrogen) atoms. The van der Waals surface area contributed by atoms with Gasteiger partial charge in [0.1, 0.15) is 5.75 Å². The largest absolute Gasteiger partial charge is 0.496 e. The fourth-order valence-corrected chi connectivity index (χ4v) is 2.67. The van der Waals surface area contributed by atoms with E-state index in [0.29, 0.717) is 23.7 Å². The summed E-state index contributed by atoms with van der Waals surface area (Å²) in [7, 11) is 1.58. The molecule has 0 spiro atoms. The molecule has 0 aromatic heterocycles. The molecular formula is C12H15N3O3S. The number of benzene rings is 1. The molecule has 102 valence electrons. The molecule has 1 fully saturated rings. The molecule has 0 radical (unpaired) electrons. The molecule has 0 unspecified atom stereocenters. The predicted octanol–water partition coefficient (Wildman–Crippen LogP) is 0.921. The van der Waals surface area contributed by atoms with Crippen molar-refractivity contribution < 1.29 is 14.3 Å². The maximum atomic E-state index is 11.4. The van der Waals surface area contributed by atoms with Gasteiger partial charge in [-0.2, -0.15) is 0 Å². The summed E-state index contributed by atoms with van der Waals surface area (Å²) in [5, 5.41) is 2.49. The Balaban J connectivity index is 1.92. The van der Waals surface area contributed by atoms with E-state index in [1.165, 1.54) is 16.7 Å². The van der Waals surface area contributed by atoms with Crippen molar-refractivity contribution in [1.29, 1.82) is 0 Å². The topological polar surface area (TPSA) is 84.7 Å². The molecular weight excluding hydrogens is 266 g/mol. The number of imide groups is 1. The Bertz CT molecular complexity index is 491. The predicted molar refractivity (Wildman–Crippen MR) is 73.2 cm³/mol. The average Bonchev–Trinajstić information content (AvgIpc) is 2.71. The van der Waals surface area contributed by atoms with Gasteiger partial charge in [0.05, 0.1) is 13.7 Å². The molecule has 7 heteroatoms. The number of rotatable bonds is 5. The minimum Gasteiger partial charge on any atom is -0.496 e. The van der Waals surface area contributed by atoms with Gasteiger partial charge in [-0.15, -0.1) is 11.8 Å². The first-order valence-electron chi connectivity index (χ1n) is 5.76. The molecule has 1 saturated heterocycles. The minimum atomic E-state index is -0.324. The monoisotopic (exact) mass is 281 g/mol. The van der Waals surface area contributed by atoms with Gasteiger partial charge in [-0.25, -0.2) is 4.79 Å². The van der Waals surface area contributed by atoms with Crippen molar-refractivity contribution >= 4 is 29.4 Å². The van der Waals surface area contributed by atoms with E-state index in [2.05, 4.69) is 5.32 Å². The Morgan fingerprint density at radius 3 is 2.89 bits per heavy atom. The molecule has 0 saturated carbocycles. The molecule has 1 aromatic rings. The summed E-state index contributed by atoms with van der Waals surface area (Å²) in [6.45, 7) is 0.470. The highest BCUT2D eigenvalue weighted by Crippen LogP contribution is 2.30. The number of methoxy groups -OCH3 is 1. The van der Waals surface area contributed by atoms with Crippen LogP contribution in [-0.2, 0) is 4.79 Å². The Morgan fingerprint density at radius 1 is 1.47 bits per heavy atom. The lowest BCUT2D eigenvalue weighted by Gasteiger charge is -2.13. The number of hydrogen-bond donors (Lipinski definition) is 2. The number of ether oxygens (including phenoxy) is 1. The number of urea groups is 1.